The summed E-state index contributed by atoms with van der Waals surface area (Å²) in [5, 5.41) is 0. The molecule has 134 valence electrons. The fourth-order valence-electron chi connectivity index (χ4n) is 2.83. The highest BCUT2D eigenvalue weighted by atomic mass is 32.1. The highest BCUT2D eigenvalue weighted by Gasteiger charge is 2.13. The number of carbonyl (C=O) groups excluding carboxylic acids is 1. The van der Waals surface area contributed by atoms with Gasteiger partial charge < -0.3 is 9.30 Å². The molecule has 2 heterocycles. The molecule has 0 spiro atoms. The fraction of sp³-hybridized carbons (Fsp3) is 0.150. The van der Waals surface area contributed by atoms with Crippen LogP contribution in [0.25, 0.3) is 20.4 Å². The van der Waals surface area contributed by atoms with Crippen LogP contribution in [0, 0.1) is 12.3 Å². The first-order valence-electron chi connectivity index (χ1n) is 8.32. The molecule has 0 aliphatic heterocycles. The van der Waals surface area contributed by atoms with Gasteiger partial charge in [0.1, 0.15) is 11.3 Å². The molecule has 0 radical (unpaired) electrons. The third-order valence-corrected chi connectivity index (χ3v) is 5.82. The number of rotatable bonds is 4. The Morgan fingerprint density at radius 2 is 2.22 bits per heavy atom. The van der Waals surface area contributed by atoms with E-state index in [9.17, 15) is 4.79 Å². The van der Waals surface area contributed by atoms with Gasteiger partial charge in [-0.1, -0.05) is 23.3 Å². The first kappa shape index (κ1) is 17.5. The second-order valence-electron chi connectivity index (χ2n) is 5.66. The molecular formula is C20H15N3O2S2. The van der Waals surface area contributed by atoms with E-state index in [2.05, 4.69) is 15.9 Å². The number of hydrogen-bond acceptors (Lipinski definition) is 5. The smallest absolute Gasteiger partial charge is 0.279 e. The molecule has 0 fully saturated rings. The summed E-state index contributed by atoms with van der Waals surface area (Å²) in [4.78, 5) is 21.9. The molecule has 0 N–H and O–H groups in total. The summed E-state index contributed by atoms with van der Waals surface area (Å²) in [6.07, 6.45) is 5.56. The van der Waals surface area contributed by atoms with Crippen molar-refractivity contribution in [1.82, 2.24) is 9.55 Å². The van der Waals surface area contributed by atoms with Crippen LogP contribution >= 0.6 is 22.7 Å². The number of aromatic nitrogens is 2. The van der Waals surface area contributed by atoms with Gasteiger partial charge in [-0.3, -0.25) is 4.79 Å². The van der Waals surface area contributed by atoms with E-state index in [1.54, 1.807) is 11.6 Å². The standard InChI is InChI=1S/C20H15N3O2S2/c1-3-10-23-18-15(25-4-2)6-5-7-16(18)27-20(23)22-19(24)13-8-9-14-17(11-13)26-12-21-14/h1,5-9,11-12H,4,10H2,2H3. The van der Waals surface area contributed by atoms with E-state index in [1.807, 2.05) is 41.8 Å². The van der Waals surface area contributed by atoms with Gasteiger partial charge in [0.05, 0.1) is 33.6 Å². The van der Waals surface area contributed by atoms with Crippen molar-refractivity contribution in [3.8, 4) is 18.1 Å². The lowest BCUT2D eigenvalue weighted by Crippen LogP contribution is -2.17. The van der Waals surface area contributed by atoms with E-state index in [-0.39, 0.29) is 5.91 Å². The van der Waals surface area contributed by atoms with Gasteiger partial charge in [-0.05, 0) is 37.3 Å². The van der Waals surface area contributed by atoms with Crippen molar-refractivity contribution >= 4 is 49.0 Å². The molecule has 1 amide bonds. The van der Waals surface area contributed by atoms with E-state index in [0.717, 1.165) is 26.2 Å². The van der Waals surface area contributed by atoms with Crippen molar-refractivity contribution in [2.75, 3.05) is 6.61 Å². The summed E-state index contributed by atoms with van der Waals surface area (Å²) in [6.45, 7) is 2.79. The molecule has 0 atom stereocenters. The van der Waals surface area contributed by atoms with Crippen LogP contribution < -0.4 is 9.54 Å². The quantitative estimate of drug-likeness (QED) is 0.491. The molecule has 0 aliphatic carbocycles. The minimum Gasteiger partial charge on any atom is -0.492 e. The number of thiazole rings is 2. The van der Waals surface area contributed by atoms with Crippen molar-refractivity contribution in [2.45, 2.75) is 13.5 Å². The van der Waals surface area contributed by atoms with Crippen LogP contribution in [0.3, 0.4) is 0 Å². The topological polar surface area (TPSA) is 56.5 Å². The number of fused-ring (bicyclic) bond motifs is 2. The van der Waals surface area contributed by atoms with E-state index in [0.29, 0.717) is 23.5 Å². The molecule has 0 unspecified atom stereocenters. The third kappa shape index (κ3) is 3.25. The van der Waals surface area contributed by atoms with Gasteiger partial charge in [-0.15, -0.1) is 17.8 Å². The number of hydrogen-bond donors (Lipinski definition) is 0. The molecule has 0 saturated heterocycles. The third-order valence-electron chi connectivity index (χ3n) is 3.99. The summed E-state index contributed by atoms with van der Waals surface area (Å²) >= 11 is 2.92. The van der Waals surface area contributed by atoms with E-state index >= 15 is 0 Å². The SMILES string of the molecule is C#CCn1c(=NC(=O)c2ccc3ncsc3c2)sc2cccc(OCC)c21. The van der Waals surface area contributed by atoms with Crippen LogP contribution in [0.1, 0.15) is 17.3 Å². The number of amides is 1. The van der Waals surface area contributed by atoms with Crippen LogP contribution in [0.2, 0.25) is 0 Å². The fourth-order valence-corrected chi connectivity index (χ4v) is 4.59. The second kappa shape index (κ2) is 7.35. The molecule has 5 nitrogen and oxygen atoms in total. The second-order valence-corrected chi connectivity index (χ2v) is 7.56. The minimum atomic E-state index is -0.305. The van der Waals surface area contributed by atoms with Crippen LogP contribution in [-0.2, 0) is 6.54 Å². The van der Waals surface area contributed by atoms with Crippen LogP contribution in [0.4, 0.5) is 0 Å². The van der Waals surface area contributed by atoms with Gasteiger partial charge in [0, 0.05) is 5.56 Å². The minimum absolute atomic E-state index is 0.305. The molecule has 2 aromatic carbocycles. The Balaban J connectivity index is 1.86. The Labute approximate surface area is 163 Å². The molecule has 2 aromatic heterocycles. The molecule has 4 rings (SSSR count). The predicted molar refractivity (Wildman–Crippen MR) is 109 cm³/mol. The molecule has 0 bridgehead atoms. The van der Waals surface area contributed by atoms with E-state index in [4.69, 9.17) is 11.2 Å². The Bertz CT molecular complexity index is 1260. The summed E-state index contributed by atoms with van der Waals surface area (Å²) < 4.78 is 9.52. The van der Waals surface area contributed by atoms with Crippen LogP contribution in [0.5, 0.6) is 5.75 Å². The number of nitrogens with zero attached hydrogens (tertiary/aromatic N) is 3. The van der Waals surface area contributed by atoms with Crippen molar-refractivity contribution in [2.24, 2.45) is 4.99 Å². The molecule has 0 aliphatic rings. The van der Waals surface area contributed by atoms with Crippen LogP contribution in [0.15, 0.2) is 46.9 Å². The Hall–Kier alpha value is -2.95. The average molecular weight is 393 g/mol. The molecule has 7 heteroatoms. The van der Waals surface area contributed by atoms with E-state index < -0.39 is 0 Å². The van der Waals surface area contributed by atoms with Crippen LogP contribution in [-0.4, -0.2) is 22.1 Å². The maximum atomic E-state index is 12.8. The normalized spacial score (nSPS) is 11.8. The number of ether oxygens (including phenoxy) is 1. The maximum Gasteiger partial charge on any atom is 0.279 e. The lowest BCUT2D eigenvalue weighted by Gasteiger charge is -2.07. The Kier molecular flexibility index (Phi) is 4.75. The van der Waals surface area contributed by atoms with Gasteiger partial charge in [-0.25, -0.2) is 4.98 Å². The number of para-hydroxylation sites is 1. The van der Waals surface area contributed by atoms with Gasteiger partial charge in [0.15, 0.2) is 4.80 Å². The zero-order valence-corrected chi connectivity index (χ0v) is 16.1. The summed E-state index contributed by atoms with van der Waals surface area (Å²) in [5.41, 5.74) is 4.04. The van der Waals surface area contributed by atoms with Gasteiger partial charge in [0.25, 0.3) is 5.91 Å². The molecule has 27 heavy (non-hydrogen) atoms. The lowest BCUT2D eigenvalue weighted by atomic mass is 10.2. The maximum absolute atomic E-state index is 12.8. The Morgan fingerprint density at radius 3 is 3.04 bits per heavy atom. The monoisotopic (exact) mass is 393 g/mol. The highest BCUT2D eigenvalue weighted by molar-refractivity contribution is 7.17. The van der Waals surface area contributed by atoms with Crippen molar-refractivity contribution in [3.05, 3.63) is 52.3 Å². The first-order valence-corrected chi connectivity index (χ1v) is 10.0. The number of benzene rings is 2. The van der Waals surface area contributed by atoms with E-state index in [1.165, 1.54) is 22.7 Å². The Morgan fingerprint density at radius 1 is 1.33 bits per heavy atom. The first-order chi connectivity index (χ1) is 13.2. The van der Waals surface area contributed by atoms with Crippen molar-refractivity contribution in [3.63, 3.8) is 0 Å². The van der Waals surface area contributed by atoms with Gasteiger partial charge in [0.2, 0.25) is 0 Å². The lowest BCUT2D eigenvalue weighted by molar-refractivity contribution is 0.0998. The molecule has 4 aromatic rings. The van der Waals surface area contributed by atoms with Crippen molar-refractivity contribution in [1.29, 1.82) is 0 Å². The molecule has 0 saturated carbocycles. The highest BCUT2D eigenvalue weighted by Crippen LogP contribution is 2.27. The molecular weight excluding hydrogens is 378 g/mol. The van der Waals surface area contributed by atoms with Gasteiger partial charge >= 0.3 is 0 Å². The zero-order valence-electron chi connectivity index (χ0n) is 14.5. The summed E-state index contributed by atoms with van der Waals surface area (Å²) in [5.74, 6) is 3.07. The number of carbonyl (C=O) groups is 1. The van der Waals surface area contributed by atoms with Crippen molar-refractivity contribution < 1.29 is 9.53 Å². The zero-order chi connectivity index (χ0) is 18.8. The summed E-state index contributed by atoms with van der Waals surface area (Å²) in [6, 6.07) is 11.2. The number of terminal acetylenes is 1. The van der Waals surface area contributed by atoms with Gasteiger partial charge in [-0.2, -0.15) is 4.99 Å². The average Bonchev–Trinajstić information content (AvgIpc) is 3.27. The largest absolute Gasteiger partial charge is 0.492 e. The summed E-state index contributed by atoms with van der Waals surface area (Å²) in [7, 11) is 0. The predicted octanol–water partition coefficient (Wildman–Crippen LogP) is 4.09.